The van der Waals surface area contributed by atoms with Gasteiger partial charge in [-0.1, -0.05) is 6.92 Å². The number of nitrogens with zero attached hydrogens (tertiary/aromatic N) is 4. The van der Waals surface area contributed by atoms with Gasteiger partial charge in [0.05, 0.1) is 23.2 Å². The van der Waals surface area contributed by atoms with Crippen LogP contribution in [0.15, 0.2) is 23.0 Å². The van der Waals surface area contributed by atoms with Crippen LogP contribution in [0.25, 0.3) is 10.9 Å². The zero-order valence-corrected chi connectivity index (χ0v) is 19.8. The Balaban J connectivity index is 1.61. The fourth-order valence-electron chi connectivity index (χ4n) is 5.04. The highest BCUT2D eigenvalue weighted by Gasteiger charge is 2.39. The van der Waals surface area contributed by atoms with Crippen molar-refractivity contribution in [1.29, 1.82) is 0 Å². The Labute approximate surface area is 192 Å². The molecular weight excluding hydrogens is 422 g/mol. The molecular formula is C23H33N7O3+2. The van der Waals surface area contributed by atoms with Gasteiger partial charge in [-0.05, 0) is 49.8 Å². The molecule has 0 spiro atoms. The summed E-state index contributed by atoms with van der Waals surface area (Å²) in [6, 6.07) is 5.47. The van der Waals surface area contributed by atoms with Gasteiger partial charge in [0.15, 0.2) is 17.5 Å². The van der Waals surface area contributed by atoms with Crippen molar-refractivity contribution in [2.75, 3.05) is 39.5 Å². The Hall–Kier alpha value is -2.98. The molecule has 2 aliphatic rings. The molecule has 5 rings (SSSR count). The van der Waals surface area contributed by atoms with E-state index in [9.17, 15) is 4.79 Å². The van der Waals surface area contributed by atoms with Crippen molar-refractivity contribution in [1.82, 2.24) is 25.2 Å². The van der Waals surface area contributed by atoms with Gasteiger partial charge in [0, 0.05) is 11.5 Å². The topological polar surface area (TPSA) is 104 Å². The van der Waals surface area contributed by atoms with Crippen LogP contribution in [0.5, 0.6) is 11.5 Å². The quantitative estimate of drug-likeness (QED) is 0.469. The number of H-pyrrole nitrogens is 1. The van der Waals surface area contributed by atoms with Crippen LogP contribution in [-0.2, 0) is 5.54 Å². The van der Waals surface area contributed by atoms with Gasteiger partial charge in [0.2, 0.25) is 12.6 Å². The van der Waals surface area contributed by atoms with Gasteiger partial charge in [0.1, 0.15) is 26.2 Å². The number of hydrogen-bond acceptors (Lipinski definition) is 6. The van der Waals surface area contributed by atoms with E-state index < -0.39 is 0 Å². The van der Waals surface area contributed by atoms with Crippen LogP contribution in [-0.4, -0.2) is 64.7 Å². The van der Waals surface area contributed by atoms with Gasteiger partial charge in [0.25, 0.3) is 5.56 Å². The maximum Gasteiger partial charge on any atom is 0.258 e. The number of aromatic nitrogens is 5. The van der Waals surface area contributed by atoms with E-state index in [2.05, 4.69) is 48.2 Å². The van der Waals surface area contributed by atoms with E-state index in [0.29, 0.717) is 17.1 Å². The van der Waals surface area contributed by atoms with Gasteiger partial charge in [-0.15, -0.1) is 5.10 Å². The minimum Gasteiger partial charge on any atom is -0.454 e. The average molecular weight is 456 g/mol. The molecule has 2 aromatic heterocycles. The SMILES string of the molecule is CCC[NH+]1CC[NH+]([C@H](c2cc3cc4c(cc3[nH]c2=O)OCO4)c2nnnn2C(C)(C)C)CC1. The second-order valence-electron chi connectivity index (χ2n) is 10.1. The van der Waals surface area contributed by atoms with E-state index >= 15 is 0 Å². The predicted molar refractivity (Wildman–Crippen MR) is 122 cm³/mol. The van der Waals surface area contributed by atoms with Gasteiger partial charge >= 0.3 is 0 Å². The highest BCUT2D eigenvalue weighted by atomic mass is 16.7. The van der Waals surface area contributed by atoms with E-state index in [1.165, 1.54) is 17.9 Å². The zero-order valence-electron chi connectivity index (χ0n) is 19.8. The molecule has 0 saturated carbocycles. The van der Waals surface area contributed by atoms with Crippen molar-refractivity contribution in [2.45, 2.75) is 45.7 Å². The van der Waals surface area contributed by atoms with Crippen LogP contribution in [0.1, 0.15) is 51.5 Å². The first-order chi connectivity index (χ1) is 15.8. The standard InChI is InChI=1S/C23H31N7O3/c1-5-6-28-7-9-29(10-8-28)20(21-25-26-27-30(21)23(2,3)4)16-11-15-12-18-19(33-14-32-18)13-17(15)24-22(16)31/h11-13,20H,5-10,14H2,1-4H3,(H,24,31)/p+2/t20-/m1/s1. The summed E-state index contributed by atoms with van der Waals surface area (Å²) in [6.07, 6.45) is 1.18. The number of ether oxygens (including phenoxy) is 2. The molecule has 0 radical (unpaired) electrons. The lowest BCUT2D eigenvalue weighted by Gasteiger charge is -2.34. The lowest BCUT2D eigenvalue weighted by molar-refractivity contribution is -1.02. The summed E-state index contributed by atoms with van der Waals surface area (Å²) in [5, 5.41) is 13.7. The number of fused-ring (bicyclic) bond motifs is 2. The highest BCUT2D eigenvalue weighted by Crippen LogP contribution is 2.35. The number of quaternary nitrogens is 2. The zero-order chi connectivity index (χ0) is 23.2. The van der Waals surface area contributed by atoms with Gasteiger partial charge in [-0.25, -0.2) is 4.68 Å². The summed E-state index contributed by atoms with van der Waals surface area (Å²) in [7, 11) is 0. The molecule has 10 nitrogen and oxygen atoms in total. The highest BCUT2D eigenvalue weighted by molar-refractivity contribution is 5.83. The lowest BCUT2D eigenvalue weighted by atomic mass is 10.0. The van der Waals surface area contributed by atoms with Crippen LogP contribution in [0.2, 0.25) is 0 Å². The Bertz CT molecular complexity index is 1200. The van der Waals surface area contributed by atoms with E-state index in [-0.39, 0.29) is 23.9 Å². The smallest absolute Gasteiger partial charge is 0.258 e. The lowest BCUT2D eigenvalue weighted by Crippen LogP contribution is -3.28. The number of aromatic amines is 1. The van der Waals surface area contributed by atoms with Gasteiger partial charge in [-0.3, -0.25) is 4.79 Å². The minimum atomic E-state index is -0.304. The average Bonchev–Trinajstić information content (AvgIpc) is 3.43. The minimum absolute atomic E-state index is 0.120. The number of pyridine rings is 1. The van der Waals surface area contributed by atoms with Crippen LogP contribution in [0, 0.1) is 0 Å². The number of nitrogens with one attached hydrogen (secondary N) is 3. The number of tetrazole rings is 1. The Morgan fingerprint density at radius 3 is 2.55 bits per heavy atom. The van der Waals surface area contributed by atoms with Gasteiger partial charge in [-0.2, -0.15) is 0 Å². The fourth-order valence-corrected chi connectivity index (χ4v) is 5.04. The van der Waals surface area contributed by atoms with Crippen molar-refractivity contribution in [2.24, 2.45) is 0 Å². The summed E-state index contributed by atoms with van der Waals surface area (Å²) in [6.45, 7) is 13.9. The number of rotatable bonds is 5. The van der Waals surface area contributed by atoms with Crippen molar-refractivity contribution >= 4 is 10.9 Å². The second kappa shape index (κ2) is 8.42. The Morgan fingerprint density at radius 1 is 1.12 bits per heavy atom. The summed E-state index contributed by atoms with van der Waals surface area (Å²) in [5.41, 5.74) is 0.983. The third-order valence-electron chi connectivity index (χ3n) is 6.68. The summed E-state index contributed by atoms with van der Waals surface area (Å²) in [4.78, 5) is 19.4. The summed E-state index contributed by atoms with van der Waals surface area (Å²) in [5.74, 6) is 2.07. The monoisotopic (exact) mass is 455 g/mol. The van der Waals surface area contributed by atoms with Crippen molar-refractivity contribution in [3.8, 4) is 11.5 Å². The molecule has 3 N–H and O–H groups in total. The molecule has 10 heteroatoms. The molecule has 1 fully saturated rings. The van der Waals surface area contributed by atoms with Crippen molar-refractivity contribution in [3.63, 3.8) is 0 Å². The molecule has 3 aromatic rings. The number of hydrogen-bond donors (Lipinski definition) is 3. The Morgan fingerprint density at radius 2 is 1.85 bits per heavy atom. The van der Waals surface area contributed by atoms with Crippen molar-refractivity contribution in [3.05, 3.63) is 39.9 Å². The maximum absolute atomic E-state index is 13.4. The van der Waals surface area contributed by atoms with E-state index in [1.54, 1.807) is 4.90 Å². The first kappa shape index (κ1) is 21.8. The number of benzene rings is 1. The molecule has 33 heavy (non-hydrogen) atoms. The Kier molecular flexibility index (Phi) is 5.57. The van der Waals surface area contributed by atoms with E-state index in [4.69, 9.17) is 9.47 Å². The molecule has 0 unspecified atom stereocenters. The predicted octanol–water partition coefficient (Wildman–Crippen LogP) is -0.719. The fraction of sp³-hybridized carbons (Fsp3) is 0.565. The third kappa shape index (κ3) is 4.08. The van der Waals surface area contributed by atoms with Gasteiger partial charge < -0.3 is 24.3 Å². The van der Waals surface area contributed by atoms with Crippen LogP contribution < -0.4 is 24.8 Å². The molecule has 4 heterocycles. The molecule has 1 atom stereocenters. The maximum atomic E-state index is 13.4. The first-order valence-corrected chi connectivity index (χ1v) is 11.8. The molecule has 2 aliphatic heterocycles. The molecule has 176 valence electrons. The van der Waals surface area contributed by atoms with E-state index in [0.717, 1.165) is 42.9 Å². The first-order valence-electron chi connectivity index (χ1n) is 11.8. The molecule has 0 bridgehead atoms. The molecule has 0 amide bonds. The second-order valence-corrected chi connectivity index (χ2v) is 10.1. The van der Waals surface area contributed by atoms with Crippen LogP contribution in [0.3, 0.4) is 0 Å². The van der Waals surface area contributed by atoms with Crippen LogP contribution >= 0.6 is 0 Å². The largest absolute Gasteiger partial charge is 0.454 e. The van der Waals surface area contributed by atoms with E-state index in [1.807, 2.05) is 22.9 Å². The molecule has 0 aliphatic carbocycles. The molecule has 1 aromatic carbocycles. The summed E-state index contributed by atoms with van der Waals surface area (Å²) < 4.78 is 12.9. The number of piperazine rings is 1. The van der Waals surface area contributed by atoms with Crippen molar-refractivity contribution < 1.29 is 19.3 Å². The molecule has 1 saturated heterocycles. The normalized spacial score (nSPS) is 21.5. The summed E-state index contributed by atoms with van der Waals surface area (Å²) >= 11 is 0. The third-order valence-corrected chi connectivity index (χ3v) is 6.68. The van der Waals surface area contributed by atoms with Crippen LogP contribution in [0.4, 0.5) is 0 Å².